The third-order valence-corrected chi connectivity index (χ3v) is 5.69. The van der Waals surface area contributed by atoms with Crippen LogP contribution in [0.4, 0.5) is 5.95 Å². The van der Waals surface area contributed by atoms with Gasteiger partial charge in [-0.1, -0.05) is 0 Å². The molecule has 4 aliphatic rings. The van der Waals surface area contributed by atoms with Gasteiger partial charge in [0.2, 0.25) is 5.95 Å². The zero-order valence-corrected chi connectivity index (χ0v) is 10.8. The first kappa shape index (κ1) is 10.8. The molecule has 1 aromatic rings. The molecule has 0 saturated heterocycles. The van der Waals surface area contributed by atoms with Crippen LogP contribution in [0.3, 0.4) is 0 Å². The molecule has 4 saturated carbocycles. The smallest absolute Gasteiger partial charge is 0.239 e. The van der Waals surface area contributed by atoms with Crippen molar-refractivity contribution in [1.29, 1.82) is 0 Å². The number of H-pyrrole nitrogens is 1. The Morgan fingerprint density at radius 1 is 1.06 bits per heavy atom. The number of aryl methyl sites for hydroxylation is 1. The van der Waals surface area contributed by atoms with Gasteiger partial charge in [-0.05, 0) is 68.1 Å². The monoisotopic (exact) mass is 246 g/mol. The van der Waals surface area contributed by atoms with Crippen LogP contribution in [0.2, 0.25) is 0 Å². The Balaban J connectivity index is 1.43. The maximum atomic E-state index is 5.55. The van der Waals surface area contributed by atoms with Gasteiger partial charge < -0.3 is 5.73 Å². The van der Waals surface area contributed by atoms with Gasteiger partial charge in [-0.3, -0.25) is 5.10 Å². The van der Waals surface area contributed by atoms with E-state index < -0.39 is 0 Å². The molecule has 1 heterocycles. The first-order chi connectivity index (χ1) is 8.78. The molecular formula is C14H22N4. The predicted molar refractivity (Wildman–Crippen MR) is 69.7 cm³/mol. The summed E-state index contributed by atoms with van der Waals surface area (Å²) >= 11 is 0. The lowest BCUT2D eigenvalue weighted by atomic mass is 9.51. The van der Waals surface area contributed by atoms with E-state index in [9.17, 15) is 0 Å². The first-order valence-electron chi connectivity index (χ1n) is 7.44. The summed E-state index contributed by atoms with van der Waals surface area (Å²) in [6.45, 7) is 0. The summed E-state index contributed by atoms with van der Waals surface area (Å²) in [5.41, 5.74) is 5.55. The van der Waals surface area contributed by atoms with Gasteiger partial charge in [0, 0.05) is 6.42 Å². The fraction of sp³-hybridized carbons (Fsp3) is 0.857. The number of aromatic nitrogens is 3. The highest BCUT2D eigenvalue weighted by molar-refractivity contribution is 5.12. The molecule has 0 spiro atoms. The number of anilines is 1. The lowest BCUT2D eigenvalue weighted by molar-refractivity contribution is -0.0395. The Morgan fingerprint density at radius 2 is 1.72 bits per heavy atom. The van der Waals surface area contributed by atoms with Gasteiger partial charge in [0.15, 0.2) is 0 Å². The Labute approximate surface area is 108 Å². The normalized spacial score (nSPS) is 41.4. The maximum Gasteiger partial charge on any atom is 0.239 e. The highest BCUT2D eigenvalue weighted by Gasteiger charge is 2.47. The summed E-state index contributed by atoms with van der Waals surface area (Å²) in [4.78, 5) is 4.22. The number of nitrogens with one attached hydrogen (secondary N) is 1. The molecule has 0 aromatic carbocycles. The van der Waals surface area contributed by atoms with E-state index in [4.69, 9.17) is 5.73 Å². The van der Waals surface area contributed by atoms with Crippen LogP contribution in [-0.2, 0) is 6.42 Å². The molecule has 98 valence electrons. The lowest BCUT2D eigenvalue weighted by Crippen LogP contribution is -2.45. The van der Waals surface area contributed by atoms with Crippen LogP contribution in [0.25, 0.3) is 0 Å². The van der Waals surface area contributed by atoms with Crippen LogP contribution in [0.1, 0.15) is 44.3 Å². The van der Waals surface area contributed by atoms with Gasteiger partial charge in [-0.25, -0.2) is 0 Å². The van der Waals surface area contributed by atoms with Crippen LogP contribution in [0.5, 0.6) is 0 Å². The molecule has 0 atom stereocenters. The zero-order chi connectivity index (χ0) is 12.1. The molecule has 18 heavy (non-hydrogen) atoms. The predicted octanol–water partition coefficient (Wildman–Crippen LogP) is 2.39. The summed E-state index contributed by atoms with van der Waals surface area (Å²) in [5, 5.41) is 6.86. The van der Waals surface area contributed by atoms with Crippen molar-refractivity contribution in [3.63, 3.8) is 0 Å². The van der Waals surface area contributed by atoms with Gasteiger partial charge >= 0.3 is 0 Å². The minimum absolute atomic E-state index is 0.384. The van der Waals surface area contributed by atoms with Crippen LogP contribution < -0.4 is 5.73 Å². The highest BCUT2D eigenvalue weighted by Crippen LogP contribution is 2.57. The van der Waals surface area contributed by atoms with Gasteiger partial charge in [0.1, 0.15) is 5.82 Å². The molecule has 4 nitrogen and oxygen atoms in total. The second-order valence-corrected chi connectivity index (χ2v) is 6.77. The largest absolute Gasteiger partial charge is 0.367 e. The Hall–Kier alpha value is -1.06. The Kier molecular flexibility index (Phi) is 2.39. The standard InChI is InChI=1S/C14H22N4/c15-14-16-13(17-18-14)2-1-12-10-4-8-3-9(6-10)7-11(12)5-8/h8-12H,1-7H2,(H3,15,16,17,18). The summed E-state index contributed by atoms with van der Waals surface area (Å²) < 4.78 is 0. The molecule has 4 bridgehead atoms. The fourth-order valence-corrected chi connectivity index (χ4v) is 5.23. The molecule has 0 aliphatic heterocycles. The zero-order valence-electron chi connectivity index (χ0n) is 10.8. The molecule has 0 unspecified atom stereocenters. The quantitative estimate of drug-likeness (QED) is 0.860. The fourth-order valence-electron chi connectivity index (χ4n) is 5.23. The minimum Gasteiger partial charge on any atom is -0.367 e. The molecule has 0 radical (unpaired) electrons. The number of nitrogens with zero attached hydrogens (tertiary/aromatic N) is 2. The van der Waals surface area contributed by atoms with Crippen molar-refractivity contribution in [3.8, 4) is 0 Å². The van der Waals surface area contributed by atoms with Gasteiger partial charge in [0.05, 0.1) is 0 Å². The van der Waals surface area contributed by atoms with Gasteiger partial charge in [-0.15, -0.1) is 5.10 Å². The van der Waals surface area contributed by atoms with E-state index in [-0.39, 0.29) is 0 Å². The molecule has 4 fully saturated rings. The molecule has 4 heteroatoms. The second-order valence-electron chi connectivity index (χ2n) is 6.77. The SMILES string of the molecule is Nc1n[nH]c(CCC2C3CC4CC(C3)CC2C4)n1. The van der Waals surface area contributed by atoms with E-state index in [1.165, 1.54) is 32.1 Å². The summed E-state index contributed by atoms with van der Waals surface area (Å²) in [7, 11) is 0. The Bertz CT molecular complexity index is 411. The number of aromatic amines is 1. The number of nitrogen functional groups attached to an aromatic ring is 1. The molecule has 5 rings (SSSR count). The summed E-state index contributed by atoms with van der Waals surface area (Å²) in [6, 6.07) is 0. The summed E-state index contributed by atoms with van der Waals surface area (Å²) in [6.07, 6.45) is 9.89. The van der Waals surface area contributed by atoms with Crippen LogP contribution in [0, 0.1) is 29.6 Å². The van der Waals surface area contributed by atoms with Crippen molar-refractivity contribution >= 4 is 5.95 Å². The topological polar surface area (TPSA) is 67.6 Å². The average molecular weight is 246 g/mol. The van der Waals surface area contributed by atoms with Gasteiger partial charge in [0.25, 0.3) is 0 Å². The number of hydrogen-bond acceptors (Lipinski definition) is 3. The van der Waals surface area contributed by atoms with Crippen molar-refractivity contribution < 1.29 is 0 Å². The third-order valence-electron chi connectivity index (χ3n) is 5.69. The molecule has 4 aliphatic carbocycles. The van der Waals surface area contributed by atoms with Crippen molar-refractivity contribution in [2.45, 2.75) is 44.9 Å². The van der Waals surface area contributed by atoms with E-state index in [2.05, 4.69) is 15.2 Å². The van der Waals surface area contributed by atoms with Crippen molar-refractivity contribution in [3.05, 3.63) is 5.82 Å². The average Bonchev–Trinajstić information content (AvgIpc) is 2.73. The summed E-state index contributed by atoms with van der Waals surface area (Å²) in [5.74, 6) is 6.48. The highest BCUT2D eigenvalue weighted by atomic mass is 15.3. The van der Waals surface area contributed by atoms with E-state index >= 15 is 0 Å². The number of hydrogen-bond donors (Lipinski definition) is 2. The minimum atomic E-state index is 0.384. The Morgan fingerprint density at radius 3 is 2.28 bits per heavy atom. The van der Waals surface area contributed by atoms with Crippen LogP contribution >= 0.6 is 0 Å². The third kappa shape index (κ3) is 1.73. The number of nitrogens with two attached hydrogens (primary N) is 1. The number of rotatable bonds is 3. The molecule has 1 aromatic heterocycles. The molecular weight excluding hydrogens is 224 g/mol. The van der Waals surface area contributed by atoms with E-state index in [1.807, 2.05) is 0 Å². The molecule has 0 amide bonds. The van der Waals surface area contributed by atoms with Gasteiger partial charge in [-0.2, -0.15) is 4.98 Å². The van der Waals surface area contributed by atoms with Crippen molar-refractivity contribution in [2.75, 3.05) is 5.73 Å². The van der Waals surface area contributed by atoms with Crippen molar-refractivity contribution in [1.82, 2.24) is 15.2 Å². The van der Waals surface area contributed by atoms with E-state index in [1.54, 1.807) is 6.42 Å². The van der Waals surface area contributed by atoms with Crippen LogP contribution in [0.15, 0.2) is 0 Å². The second kappa shape index (κ2) is 3.97. The molecule has 3 N–H and O–H groups in total. The maximum absolute atomic E-state index is 5.55. The lowest BCUT2D eigenvalue weighted by Gasteiger charge is -2.54. The van der Waals surface area contributed by atoms with E-state index in [0.29, 0.717) is 5.95 Å². The first-order valence-corrected chi connectivity index (χ1v) is 7.44. The van der Waals surface area contributed by atoms with Crippen LogP contribution in [-0.4, -0.2) is 15.2 Å². The van der Waals surface area contributed by atoms with E-state index in [0.717, 1.165) is 41.8 Å². The van der Waals surface area contributed by atoms with Crippen molar-refractivity contribution in [2.24, 2.45) is 29.6 Å².